The summed E-state index contributed by atoms with van der Waals surface area (Å²) in [5.41, 5.74) is -0.184. The Hall–Kier alpha value is -0.590. The van der Waals surface area contributed by atoms with E-state index in [2.05, 4.69) is 13.0 Å². The standard InChI is InChI=1S/C11H20O/c1-5-6-7-8-9-10(12)11(2,3)4/h7-8H,5-6,9H2,1-4H3/b8-7+. The molecule has 0 amide bonds. The molecule has 1 heteroatoms. The Balaban J connectivity index is 3.72. The summed E-state index contributed by atoms with van der Waals surface area (Å²) in [4.78, 5) is 11.4. The number of hydrogen-bond donors (Lipinski definition) is 0. The SMILES string of the molecule is CCC/C=C/CC(=O)C(C)(C)C. The molecule has 0 aromatic carbocycles. The van der Waals surface area contributed by atoms with Crippen molar-refractivity contribution in [1.82, 2.24) is 0 Å². The summed E-state index contributed by atoms with van der Waals surface area (Å²) in [6, 6.07) is 0. The Morgan fingerprint density at radius 2 is 1.83 bits per heavy atom. The second kappa shape index (κ2) is 5.13. The first-order valence-electron chi connectivity index (χ1n) is 4.66. The van der Waals surface area contributed by atoms with Crippen LogP contribution in [0.3, 0.4) is 0 Å². The van der Waals surface area contributed by atoms with Crippen LogP contribution < -0.4 is 0 Å². The number of allylic oxidation sites excluding steroid dienone is 2. The van der Waals surface area contributed by atoms with Gasteiger partial charge in [0.2, 0.25) is 0 Å². The minimum Gasteiger partial charge on any atom is -0.299 e. The summed E-state index contributed by atoms with van der Waals surface area (Å²) in [7, 11) is 0. The molecule has 0 spiro atoms. The largest absolute Gasteiger partial charge is 0.299 e. The highest BCUT2D eigenvalue weighted by Gasteiger charge is 2.18. The monoisotopic (exact) mass is 168 g/mol. The Morgan fingerprint density at radius 1 is 1.25 bits per heavy atom. The molecular formula is C11H20O. The van der Waals surface area contributed by atoms with Crippen molar-refractivity contribution in [1.29, 1.82) is 0 Å². The van der Waals surface area contributed by atoms with E-state index in [1.165, 1.54) is 0 Å². The number of Topliss-reactive ketones (excluding diaryl/α,β-unsaturated/α-hetero) is 1. The summed E-state index contributed by atoms with van der Waals surface area (Å²) in [6.07, 6.45) is 6.89. The third-order valence-electron chi connectivity index (χ3n) is 1.76. The molecule has 0 saturated carbocycles. The first kappa shape index (κ1) is 11.4. The third kappa shape index (κ3) is 5.11. The molecule has 0 saturated heterocycles. The quantitative estimate of drug-likeness (QED) is 0.588. The summed E-state index contributed by atoms with van der Waals surface area (Å²) in [5.74, 6) is 0.315. The molecule has 0 aliphatic heterocycles. The minimum atomic E-state index is -0.184. The zero-order chi connectivity index (χ0) is 9.61. The molecule has 0 aliphatic carbocycles. The van der Waals surface area contributed by atoms with Gasteiger partial charge in [-0.1, -0.05) is 46.3 Å². The molecule has 70 valence electrons. The zero-order valence-electron chi connectivity index (χ0n) is 8.68. The van der Waals surface area contributed by atoms with Gasteiger partial charge in [-0.15, -0.1) is 0 Å². The van der Waals surface area contributed by atoms with Gasteiger partial charge < -0.3 is 0 Å². The molecule has 0 aromatic rings. The van der Waals surface area contributed by atoms with E-state index in [-0.39, 0.29) is 5.41 Å². The van der Waals surface area contributed by atoms with Gasteiger partial charge in [-0.05, 0) is 6.42 Å². The van der Waals surface area contributed by atoms with Crippen LogP contribution in [0.2, 0.25) is 0 Å². The lowest BCUT2D eigenvalue weighted by molar-refractivity contribution is -0.125. The summed E-state index contributed by atoms with van der Waals surface area (Å²) in [6.45, 7) is 8.02. The van der Waals surface area contributed by atoms with Gasteiger partial charge in [0.25, 0.3) is 0 Å². The van der Waals surface area contributed by atoms with Crippen LogP contribution in [0.25, 0.3) is 0 Å². The van der Waals surface area contributed by atoms with Crippen LogP contribution in [0.5, 0.6) is 0 Å². The fourth-order valence-electron chi connectivity index (χ4n) is 0.781. The Labute approximate surface area is 75.9 Å². The van der Waals surface area contributed by atoms with Gasteiger partial charge in [-0.2, -0.15) is 0 Å². The summed E-state index contributed by atoms with van der Waals surface area (Å²) in [5, 5.41) is 0. The predicted molar refractivity (Wildman–Crippen MR) is 53.1 cm³/mol. The van der Waals surface area contributed by atoms with E-state index >= 15 is 0 Å². The molecular weight excluding hydrogens is 148 g/mol. The Bertz CT molecular complexity index is 160. The fraction of sp³-hybridized carbons (Fsp3) is 0.727. The van der Waals surface area contributed by atoms with E-state index in [1.54, 1.807) is 0 Å². The first-order valence-corrected chi connectivity index (χ1v) is 4.66. The molecule has 0 heterocycles. The molecule has 0 radical (unpaired) electrons. The number of hydrogen-bond acceptors (Lipinski definition) is 1. The lowest BCUT2D eigenvalue weighted by Crippen LogP contribution is -2.18. The molecule has 1 nitrogen and oxygen atoms in total. The smallest absolute Gasteiger partial charge is 0.141 e. The maximum absolute atomic E-state index is 11.4. The van der Waals surface area contributed by atoms with Crippen molar-refractivity contribution in [3.8, 4) is 0 Å². The predicted octanol–water partition coefficient (Wildman–Crippen LogP) is 3.35. The Kier molecular flexibility index (Phi) is 4.87. The first-order chi connectivity index (χ1) is 5.48. The van der Waals surface area contributed by atoms with E-state index in [0.717, 1.165) is 12.8 Å². The van der Waals surface area contributed by atoms with Crippen LogP contribution in [0.1, 0.15) is 47.0 Å². The molecule has 0 atom stereocenters. The van der Waals surface area contributed by atoms with Gasteiger partial charge in [0.05, 0.1) is 0 Å². The zero-order valence-corrected chi connectivity index (χ0v) is 8.68. The third-order valence-corrected chi connectivity index (χ3v) is 1.76. The minimum absolute atomic E-state index is 0.184. The van der Waals surface area contributed by atoms with Crippen molar-refractivity contribution in [2.45, 2.75) is 47.0 Å². The van der Waals surface area contributed by atoms with E-state index in [0.29, 0.717) is 12.2 Å². The van der Waals surface area contributed by atoms with Crippen LogP contribution in [-0.2, 0) is 4.79 Å². The summed E-state index contributed by atoms with van der Waals surface area (Å²) < 4.78 is 0. The molecule has 0 rings (SSSR count). The van der Waals surface area contributed by atoms with Crippen molar-refractivity contribution >= 4 is 5.78 Å². The highest BCUT2D eigenvalue weighted by molar-refractivity contribution is 5.84. The molecule has 0 N–H and O–H groups in total. The number of rotatable bonds is 4. The van der Waals surface area contributed by atoms with Crippen molar-refractivity contribution in [3.05, 3.63) is 12.2 Å². The molecule has 0 bridgehead atoms. The van der Waals surface area contributed by atoms with E-state index in [9.17, 15) is 4.79 Å². The lowest BCUT2D eigenvalue weighted by atomic mass is 9.89. The number of carbonyl (C=O) groups is 1. The van der Waals surface area contributed by atoms with Crippen LogP contribution in [-0.4, -0.2) is 5.78 Å². The van der Waals surface area contributed by atoms with Crippen LogP contribution in [0, 0.1) is 5.41 Å². The topological polar surface area (TPSA) is 17.1 Å². The number of carbonyl (C=O) groups excluding carboxylic acids is 1. The average Bonchev–Trinajstić information content (AvgIpc) is 1.96. The Morgan fingerprint density at radius 3 is 2.25 bits per heavy atom. The van der Waals surface area contributed by atoms with E-state index in [4.69, 9.17) is 0 Å². The second-order valence-corrected chi connectivity index (χ2v) is 4.14. The van der Waals surface area contributed by atoms with Crippen LogP contribution in [0.4, 0.5) is 0 Å². The average molecular weight is 168 g/mol. The highest BCUT2D eigenvalue weighted by Crippen LogP contribution is 2.16. The molecule has 0 unspecified atom stereocenters. The molecule has 0 aliphatic rings. The van der Waals surface area contributed by atoms with Gasteiger partial charge >= 0.3 is 0 Å². The van der Waals surface area contributed by atoms with Gasteiger partial charge in [-0.25, -0.2) is 0 Å². The fourth-order valence-corrected chi connectivity index (χ4v) is 0.781. The van der Waals surface area contributed by atoms with Gasteiger partial charge in [0.15, 0.2) is 0 Å². The van der Waals surface area contributed by atoms with Crippen molar-refractivity contribution in [2.24, 2.45) is 5.41 Å². The van der Waals surface area contributed by atoms with Crippen LogP contribution >= 0.6 is 0 Å². The van der Waals surface area contributed by atoms with Gasteiger partial charge in [0.1, 0.15) is 5.78 Å². The van der Waals surface area contributed by atoms with Gasteiger partial charge in [0, 0.05) is 11.8 Å². The maximum Gasteiger partial charge on any atom is 0.141 e. The molecule has 12 heavy (non-hydrogen) atoms. The van der Waals surface area contributed by atoms with E-state index < -0.39 is 0 Å². The normalized spacial score (nSPS) is 12.3. The molecule has 0 fully saturated rings. The lowest BCUT2D eigenvalue weighted by Gasteiger charge is -2.14. The van der Waals surface area contributed by atoms with Crippen molar-refractivity contribution in [2.75, 3.05) is 0 Å². The van der Waals surface area contributed by atoms with Gasteiger partial charge in [-0.3, -0.25) is 4.79 Å². The maximum atomic E-state index is 11.4. The molecule has 0 aromatic heterocycles. The second-order valence-electron chi connectivity index (χ2n) is 4.14. The van der Waals surface area contributed by atoms with Crippen LogP contribution in [0.15, 0.2) is 12.2 Å². The summed E-state index contributed by atoms with van der Waals surface area (Å²) >= 11 is 0. The van der Waals surface area contributed by atoms with Crippen molar-refractivity contribution < 1.29 is 4.79 Å². The highest BCUT2D eigenvalue weighted by atomic mass is 16.1. The number of ketones is 1. The van der Waals surface area contributed by atoms with Crippen molar-refractivity contribution in [3.63, 3.8) is 0 Å². The number of unbranched alkanes of at least 4 members (excludes halogenated alkanes) is 1. The van der Waals surface area contributed by atoms with E-state index in [1.807, 2.05) is 26.8 Å².